The molecule has 0 aromatic heterocycles. The number of benzene rings is 1. The standard InChI is InChI=1S/C14H19FN2O2S/c1-9(8-20(3)19)17-13(16-10(2)14(17)18)11-4-6-12(15)7-5-11/h4-7,9-10,13,16H,8H2,1-3H3. The molecule has 4 unspecified atom stereocenters. The van der Waals surface area contributed by atoms with Crippen LogP contribution in [0.25, 0.3) is 0 Å². The second kappa shape index (κ2) is 6.01. The van der Waals surface area contributed by atoms with Crippen LogP contribution < -0.4 is 5.32 Å². The van der Waals surface area contributed by atoms with Crippen LogP contribution in [-0.2, 0) is 15.6 Å². The molecule has 1 aromatic rings. The van der Waals surface area contributed by atoms with Gasteiger partial charge in [0.15, 0.2) is 0 Å². The Hall–Kier alpha value is -1.27. The number of amides is 1. The van der Waals surface area contributed by atoms with Crippen LogP contribution in [-0.4, -0.2) is 39.1 Å². The Kier molecular flexibility index (Phi) is 4.55. The van der Waals surface area contributed by atoms with Crippen LogP contribution in [0.2, 0.25) is 0 Å². The fourth-order valence-electron chi connectivity index (χ4n) is 2.53. The average Bonchev–Trinajstić information content (AvgIpc) is 2.66. The molecule has 0 aliphatic carbocycles. The summed E-state index contributed by atoms with van der Waals surface area (Å²) in [6.45, 7) is 3.68. The van der Waals surface area contributed by atoms with Gasteiger partial charge < -0.3 is 4.90 Å². The Morgan fingerprint density at radius 1 is 1.40 bits per heavy atom. The lowest BCUT2D eigenvalue weighted by molar-refractivity contribution is -0.131. The van der Waals surface area contributed by atoms with Gasteiger partial charge >= 0.3 is 0 Å². The first-order valence-corrected chi connectivity index (χ1v) is 8.26. The number of nitrogens with one attached hydrogen (secondary N) is 1. The molecule has 0 radical (unpaired) electrons. The van der Waals surface area contributed by atoms with Gasteiger partial charge in [-0.25, -0.2) is 4.39 Å². The van der Waals surface area contributed by atoms with Gasteiger partial charge in [0.05, 0.1) is 6.04 Å². The molecule has 0 bridgehead atoms. The molecule has 20 heavy (non-hydrogen) atoms. The molecule has 1 heterocycles. The maximum atomic E-state index is 13.0. The zero-order valence-electron chi connectivity index (χ0n) is 11.8. The van der Waals surface area contributed by atoms with Gasteiger partial charge in [0.25, 0.3) is 0 Å². The molecule has 1 N–H and O–H groups in total. The van der Waals surface area contributed by atoms with Crippen molar-refractivity contribution in [1.82, 2.24) is 10.2 Å². The molecular weight excluding hydrogens is 279 g/mol. The maximum Gasteiger partial charge on any atom is 0.241 e. The van der Waals surface area contributed by atoms with Gasteiger partial charge in [-0.15, -0.1) is 0 Å². The summed E-state index contributed by atoms with van der Waals surface area (Å²) in [5, 5.41) is 3.20. The number of halogens is 1. The molecular formula is C14H19FN2O2S. The normalized spacial score (nSPS) is 25.8. The highest BCUT2D eigenvalue weighted by Crippen LogP contribution is 2.27. The first kappa shape index (κ1) is 15.1. The van der Waals surface area contributed by atoms with Crippen molar-refractivity contribution in [2.24, 2.45) is 0 Å². The highest BCUT2D eigenvalue weighted by Gasteiger charge is 2.39. The zero-order chi connectivity index (χ0) is 14.9. The maximum absolute atomic E-state index is 13.0. The van der Waals surface area contributed by atoms with Crippen molar-refractivity contribution in [2.45, 2.75) is 32.1 Å². The molecule has 4 nitrogen and oxygen atoms in total. The van der Waals surface area contributed by atoms with Gasteiger partial charge in [-0.3, -0.25) is 14.3 Å². The Bertz CT molecular complexity index is 520. The number of carbonyl (C=O) groups excluding carboxylic acids is 1. The Morgan fingerprint density at radius 3 is 2.55 bits per heavy atom. The van der Waals surface area contributed by atoms with E-state index < -0.39 is 10.8 Å². The summed E-state index contributed by atoms with van der Waals surface area (Å²) < 4.78 is 24.4. The molecule has 1 amide bonds. The summed E-state index contributed by atoms with van der Waals surface area (Å²) in [5.41, 5.74) is 0.831. The van der Waals surface area contributed by atoms with E-state index >= 15 is 0 Å². The molecule has 1 aliphatic heterocycles. The monoisotopic (exact) mass is 298 g/mol. The molecule has 0 spiro atoms. The first-order valence-electron chi connectivity index (χ1n) is 6.54. The fourth-order valence-corrected chi connectivity index (χ4v) is 3.37. The van der Waals surface area contributed by atoms with Crippen molar-refractivity contribution >= 4 is 16.7 Å². The van der Waals surface area contributed by atoms with E-state index in [1.807, 2.05) is 6.92 Å². The summed E-state index contributed by atoms with van der Waals surface area (Å²) in [5.74, 6) is 0.107. The predicted molar refractivity (Wildman–Crippen MR) is 77.0 cm³/mol. The summed E-state index contributed by atoms with van der Waals surface area (Å²) in [7, 11) is -0.975. The number of nitrogens with zero attached hydrogens (tertiary/aromatic N) is 1. The number of hydrogen-bond donors (Lipinski definition) is 1. The average molecular weight is 298 g/mol. The lowest BCUT2D eigenvalue weighted by Crippen LogP contribution is -2.41. The van der Waals surface area contributed by atoms with E-state index in [0.29, 0.717) is 5.75 Å². The van der Waals surface area contributed by atoms with Crippen molar-refractivity contribution in [1.29, 1.82) is 0 Å². The SMILES string of the molecule is CC1NC(c2ccc(F)cc2)N(C(C)CS(C)=O)C1=O. The molecule has 0 saturated carbocycles. The number of carbonyl (C=O) groups is 1. The minimum Gasteiger partial charge on any atom is -0.318 e. The molecule has 110 valence electrons. The molecule has 2 rings (SSSR count). The van der Waals surface area contributed by atoms with Crippen molar-refractivity contribution in [3.05, 3.63) is 35.6 Å². The van der Waals surface area contributed by atoms with Crippen molar-refractivity contribution in [3.63, 3.8) is 0 Å². The van der Waals surface area contributed by atoms with E-state index in [2.05, 4.69) is 5.32 Å². The molecule has 1 aromatic carbocycles. The van der Waals surface area contributed by atoms with E-state index in [4.69, 9.17) is 0 Å². The summed E-state index contributed by atoms with van der Waals surface area (Å²) in [6.07, 6.45) is 1.33. The number of rotatable bonds is 4. The minimum atomic E-state index is -0.975. The van der Waals surface area contributed by atoms with Crippen LogP contribution >= 0.6 is 0 Å². The van der Waals surface area contributed by atoms with Crippen LogP contribution in [0.4, 0.5) is 4.39 Å². The fraction of sp³-hybridized carbons (Fsp3) is 0.500. The van der Waals surface area contributed by atoms with Crippen molar-refractivity contribution in [3.8, 4) is 0 Å². The quantitative estimate of drug-likeness (QED) is 0.914. The van der Waals surface area contributed by atoms with Crippen molar-refractivity contribution in [2.75, 3.05) is 12.0 Å². The molecule has 1 fully saturated rings. The van der Waals surface area contributed by atoms with E-state index in [0.717, 1.165) is 5.56 Å². The topological polar surface area (TPSA) is 49.4 Å². The van der Waals surface area contributed by atoms with Crippen LogP contribution in [0.5, 0.6) is 0 Å². The minimum absolute atomic E-state index is 0.0164. The van der Waals surface area contributed by atoms with Gasteiger partial charge in [-0.2, -0.15) is 0 Å². The Morgan fingerprint density at radius 2 is 2.00 bits per heavy atom. The van der Waals surface area contributed by atoms with Gasteiger partial charge in [0, 0.05) is 28.9 Å². The van der Waals surface area contributed by atoms with Gasteiger partial charge in [0.1, 0.15) is 12.0 Å². The van der Waals surface area contributed by atoms with Gasteiger partial charge in [-0.05, 0) is 31.5 Å². The highest BCUT2D eigenvalue weighted by atomic mass is 32.2. The van der Waals surface area contributed by atoms with Crippen molar-refractivity contribution < 1.29 is 13.4 Å². The van der Waals surface area contributed by atoms with Crippen LogP contribution in [0.3, 0.4) is 0 Å². The third kappa shape index (κ3) is 3.07. The summed E-state index contributed by atoms with van der Waals surface area (Å²) in [6, 6.07) is 5.66. The smallest absolute Gasteiger partial charge is 0.241 e. The molecule has 4 atom stereocenters. The second-order valence-corrected chi connectivity index (χ2v) is 6.66. The zero-order valence-corrected chi connectivity index (χ0v) is 12.6. The lowest BCUT2D eigenvalue weighted by atomic mass is 10.1. The van der Waals surface area contributed by atoms with E-state index in [1.54, 1.807) is 30.2 Å². The molecule has 1 aliphatic rings. The first-order chi connectivity index (χ1) is 9.40. The van der Waals surface area contributed by atoms with E-state index in [9.17, 15) is 13.4 Å². The largest absolute Gasteiger partial charge is 0.318 e. The third-order valence-corrected chi connectivity index (χ3v) is 4.40. The molecule has 1 saturated heterocycles. The Labute approximate surface area is 120 Å². The summed E-state index contributed by atoms with van der Waals surface area (Å²) >= 11 is 0. The second-order valence-electron chi connectivity index (χ2n) is 5.18. The van der Waals surface area contributed by atoms with Crippen LogP contribution in [0, 0.1) is 5.82 Å². The number of hydrogen-bond acceptors (Lipinski definition) is 3. The summed E-state index contributed by atoms with van der Waals surface area (Å²) in [4.78, 5) is 14.0. The van der Waals surface area contributed by atoms with E-state index in [-0.39, 0.29) is 30.0 Å². The van der Waals surface area contributed by atoms with Crippen LogP contribution in [0.1, 0.15) is 25.6 Å². The van der Waals surface area contributed by atoms with E-state index in [1.165, 1.54) is 12.1 Å². The van der Waals surface area contributed by atoms with Gasteiger partial charge in [-0.1, -0.05) is 12.1 Å². The lowest BCUT2D eigenvalue weighted by Gasteiger charge is -2.30. The van der Waals surface area contributed by atoms with Gasteiger partial charge in [0.2, 0.25) is 5.91 Å². The Balaban J connectivity index is 2.27. The third-order valence-electron chi connectivity index (χ3n) is 3.45. The molecule has 6 heteroatoms. The predicted octanol–water partition coefficient (Wildman–Crippen LogP) is 1.41. The highest BCUT2D eigenvalue weighted by molar-refractivity contribution is 7.84. The van der Waals surface area contributed by atoms with Crippen LogP contribution in [0.15, 0.2) is 24.3 Å².